The Morgan fingerprint density at radius 1 is 1.27 bits per heavy atom. The van der Waals surface area contributed by atoms with E-state index in [1.807, 2.05) is 32.0 Å². The predicted molar refractivity (Wildman–Crippen MR) is 87.1 cm³/mol. The number of ketones is 1. The van der Waals surface area contributed by atoms with Crippen LogP contribution in [0.4, 0.5) is 0 Å². The van der Waals surface area contributed by atoms with Crippen LogP contribution in [0.1, 0.15) is 20.3 Å². The van der Waals surface area contributed by atoms with Crippen LogP contribution in [0.3, 0.4) is 0 Å². The number of carbonyl (C=O) groups excluding carboxylic acids is 2. The average molecular weight is 369 g/mol. The van der Waals surface area contributed by atoms with Gasteiger partial charge in [0.2, 0.25) is 0 Å². The van der Waals surface area contributed by atoms with Gasteiger partial charge in [-0.2, -0.15) is 0 Å². The Labute approximate surface area is 138 Å². The zero-order chi connectivity index (χ0) is 16.4. The van der Waals surface area contributed by atoms with E-state index in [0.717, 1.165) is 5.32 Å². The van der Waals surface area contributed by atoms with Gasteiger partial charge < -0.3 is 0 Å². The average Bonchev–Trinajstić information content (AvgIpc) is 2.55. The number of Topliss-reactive ketones (excluding diaryl/α,β-unsaturated/α-hetero) is 1. The van der Waals surface area contributed by atoms with Crippen molar-refractivity contribution >= 4 is 31.2 Å². The molecule has 0 fully saturated rings. The van der Waals surface area contributed by atoms with Crippen molar-refractivity contribution in [1.29, 1.82) is 0 Å². The predicted octanol–water partition coefficient (Wildman–Crippen LogP) is 2.12. The summed E-state index contributed by atoms with van der Waals surface area (Å²) in [5.74, 6) is -0.441. The Bertz CT molecular complexity index is 499. The van der Waals surface area contributed by atoms with Crippen LogP contribution in [-0.4, -0.2) is 39.9 Å². The molecular formula is C17H22O4Se. The molecule has 0 amide bonds. The molecule has 0 heterocycles. The van der Waals surface area contributed by atoms with E-state index in [-0.39, 0.29) is 32.8 Å². The third-order valence-electron chi connectivity index (χ3n) is 3.20. The van der Waals surface area contributed by atoms with Crippen molar-refractivity contribution < 1.29 is 19.1 Å². The molecule has 4 nitrogen and oxygen atoms in total. The third-order valence-corrected chi connectivity index (χ3v) is 5.57. The molecule has 0 unspecified atom stereocenters. The maximum absolute atomic E-state index is 12.1. The Morgan fingerprint density at radius 3 is 2.55 bits per heavy atom. The minimum absolute atomic E-state index is 0.160. The van der Waals surface area contributed by atoms with Crippen LogP contribution in [0, 0.1) is 5.92 Å². The van der Waals surface area contributed by atoms with E-state index >= 15 is 0 Å². The fourth-order valence-electron chi connectivity index (χ4n) is 1.84. The number of methoxy groups -OCH3 is 1. The summed E-state index contributed by atoms with van der Waals surface area (Å²) in [6.07, 6.45) is 2.75. The van der Waals surface area contributed by atoms with Crippen LogP contribution in [0.15, 0.2) is 42.7 Å². The number of rotatable bonds is 9. The normalized spacial score (nSPS) is 13.6. The molecule has 1 aromatic carbocycles. The Balaban J connectivity index is 2.61. The van der Waals surface area contributed by atoms with Crippen molar-refractivity contribution in [3.8, 4) is 0 Å². The molecule has 5 heteroatoms. The van der Waals surface area contributed by atoms with Gasteiger partial charge in [-0.25, -0.2) is 0 Å². The quantitative estimate of drug-likeness (QED) is 0.290. The monoisotopic (exact) mass is 370 g/mol. The van der Waals surface area contributed by atoms with E-state index in [9.17, 15) is 9.59 Å². The molecule has 2 atom stereocenters. The van der Waals surface area contributed by atoms with E-state index in [2.05, 4.69) is 16.9 Å². The van der Waals surface area contributed by atoms with Gasteiger partial charge in [0.1, 0.15) is 0 Å². The SMILES string of the molecule is CCC(=O)[C@H](C[Se]c1ccccc1)[C@H](C)O/C=C/C(=O)OC. The molecule has 0 saturated heterocycles. The van der Waals surface area contributed by atoms with Crippen LogP contribution in [0.2, 0.25) is 5.32 Å². The first kappa shape index (κ1) is 18.5. The van der Waals surface area contributed by atoms with Crippen LogP contribution in [-0.2, 0) is 19.1 Å². The zero-order valence-corrected chi connectivity index (χ0v) is 14.9. The van der Waals surface area contributed by atoms with Crippen molar-refractivity contribution in [3.05, 3.63) is 42.7 Å². The van der Waals surface area contributed by atoms with Crippen molar-refractivity contribution in [2.75, 3.05) is 7.11 Å². The molecule has 0 aliphatic heterocycles. The molecule has 1 aromatic rings. The molecule has 22 heavy (non-hydrogen) atoms. The number of benzene rings is 1. The molecule has 0 spiro atoms. The second-order valence-electron chi connectivity index (χ2n) is 4.72. The molecule has 0 radical (unpaired) electrons. The number of carbonyl (C=O) groups is 2. The van der Waals surface area contributed by atoms with E-state index in [1.165, 1.54) is 23.9 Å². The summed E-state index contributed by atoms with van der Waals surface area (Å²) < 4.78 is 11.3. The van der Waals surface area contributed by atoms with E-state index in [1.54, 1.807) is 0 Å². The van der Waals surface area contributed by atoms with Crippen molar-refractivity contribution in [3.63, 3.8) is 0 Å². The summed E-state index contributed by atoms with van der Waals surface area (Å²) in [6, 6.07) is 10.2. The van der Waals surface area contributed by atoms with Gasteiger partial charge in [-0.3, -0.25) is 0 Å². The maximum atomic E-state index is 12.1. The molecular weight excluding hydrogens is 347 g/mol. The number of ether oxygens (including phenoxy) is 2. The molecule has 120 valence electrons. The van der Waals surface area contributed by atoms with Crippen molar-refractivity contribution in [2.45, 2.75) is 31.7 Å². The first-order chi connectivity index (χ1) is 10.6. The fraction of sp³-hybridized carbons (Fsp3) is 0.412. The first-order valence-electron chi connectivity index (χ1n) is 7.19. The molecule has 0 saturated carbocycles. The van der Waals surface area contributed by atoms with Crippen LogP contribution >= 0.6 is 0 Å². The molecule has 0 aliphatic carbocycles. The molecule has 0 N–H and O–H groups in total. The van der Waals surface area contributed by atoms with Gasteiger partial charge >= 0.3 is 138 Å². The van der Waals surface area contributed by atoms with Crippen molar-refractivity contribution in [2.24, 2.45) is 5.92 Å². The van der Waals surface area contributed by atoms with Gasteiger partial charge in [-0.15, -0.1) is 0 Å². The van der Waals surface area contributed by atoms with Gasteiger partial charge in [-0.05, 0) is 0 Å². The van der Waals surface area contributed by atoms with Gasteiger partial charge in [0.25, 0.3) is 0 Å². The minimum atomic E-state index is -0.473. The molecule has 0 aromatic heterocycles. The van der Waals surface area contributed by atoms with Crippen molar-refractivity contribution in [1.82, 2.24) is 0 Å². The van der Waals surface area contributed by atoms with Gasteiger partial charge in [0.05, 0.1) is 0 Å². The van der Waals surface area contributed by atoms with Crippen LogP contribution < -0.4 is 4.46 Å². The molecule has 1 rings (SSSR count). The Morgan fingerprint density at radius 2 is 1.95 bits per heavy atom. The molecule has 0 bridgehead atoms. The zero-order valence-electron chi connectivity index (χ0n) is 13.2. The standard InChI is InChI=1S/C17H22O4Se/c1-4-16(18)15(12-22-14-8-6-5-7-9-14)13(2)21-11-10-17(19)20-3/h5-11,13,15H,4,12H2,1-3H3/b11-10+/t13-,15+/m0/s1. The van der Waals surface area contributed by atoms with E-state index in [4.69, 9.17) is 4.74 Å². The van der Waals surface area contributed by atoms with Crippen LogP contribution in [0.25, 0.3) is 0 Å². The molecule has 0 aliphatic rings. The van der Waals surface area contributed by atoms with Gasteiger partial charge in [0, 0.05) is 0 Å². The summed E-state index contributed by atoms with van der Waals surface area (Å²) >= 11 is 0.223. The second-order valence-corrected chi connectivity index (χ2v) is 7.01. The number of esters is 1. The summed E-state index contributed by atoms with van der Waals surface area (Å²) in [4.78, 5) is 23.2. The Kier molecular flexibility index (Phi) is 8.56. The summed E-state index contributed by atoms with van der Waals surface area (Å²) in [5, 5.41) is 0.789. The summed E-state index contributed by atoms with van der Waals surface area (Å²) in [7, 11) is 1.31. The topological polar surface area (TPSA) is 52.6 Å². The fourth-order valence-corrected chi connectivity index (χ4v) is 4.31. The first-order valence-corrected chi connectivity index (χ1v) is 9.25. The van der Waals surface area contributed by atoms with E-state index < -0.39 is 5.97 Å². The Hall–Kier alpha value is -1.58. The van der Waals surface area contributed by atoms with Gasteiger partial charge in [-0.1, -0.05) is 0 Å². The van der Waals surface area contributed by atoms with Crippen LogP contribution in [0.5, 0.6) is 0 Å². The number of hydrogen-bond donors (Lipinski definition) is 0. The third kappa shape index (κ3) is 6.46. The van der Waals surface area contributed by atoms with E-state index in [0.29, 0.717) is 6.42 Å². The second kappa shape index (κ2) is 10.2. The summed E-state index contributed by atoms with van der Waals surface area (Å²) in [5.41, 5.74) is 0. The summed E-state index contributed by atoms with van der Waals surface area (Å²) in [6.45, 7) is 3.72. The van der Waals surface area contributed by atoms with Gasteiger partial charge in [0.15, 0.2) is 0 Å². The number of hydrogen-bond acceptors (Lipinski definition) is 4.